The molecule has 0 bridgehead atoms. The first-order valence-electron chi connectivity index (χ1n) is 6.33. The normalized spacial score (nSPS) is 18.5. The van der Waals surface area contributed by atoms with Crippen LogP contribution in [0.1, 0.15) is 42.9 Å². The van der Waals surface area contributed by atoms with Crippen LogP contribution in [-0.2, 0) is 0 Å². The maximum absolute atomic E-state index is 13.2. The van der Waals surface area contributed by atoms with E-state index >= 15 is 0 Å². The fourth-order valence-electron chi connectivity index (χ4n) is 2.60. The number of nitrogens with one attached hydrogen (secondary N) is 1. The quantitative estimate of drug-likeness (QED) is 0.844. The van der Waals surface area contributed by atoms with Crippen LogP contribution >= 0.6 is 0 Å². The van der Waals surface area contributed by atoms with Crippen molar-refractivity contribution in [3.8, 4) is 0 Å². The SMILES string of the molecule is Cc1ccc(F)cc1C(CO)NC1CCCC1. The van der Waals surface area contributed by atoms with Crippen molar-refractivity contribution < 1.29 is 9.50 Å². The van der Waals surface area contributed by atoms with Gasteiger partial charge in [0.2, 0.25) is 0 Å². The Labute approximate surface area is 102 Å². The van der Waals surface area contributed by atoms with Crippen molar-refractivity contribution in [3.63, 3.8) is 0 Å². The first-order chi connectivity index (χ1) is 8.20. The van der Waals surface area contributed by atoms with E-state index in [1.165, 1.54) is 25.0 Å². The van der Waals surface area contributed by atoms with Gasteiger partial charge < -0.3 is 10.4 Å². The number of aliphatic hydroxyl groups excluding tert-OH is 1. The zero-order valence-corrected chi connectivity index (χ0v) is 10.2. The molecule has 17 heavy (non-hydrogen) atoms. The van der Waals surface area contributed by atoms with Gasteiger partial charge in [-0.15, -0.1) is 0 Å². The van der Waals surface area contributed by atoms with Crippen LogP contribution in [0.3, 0.4) is 0 Å². The number of hydrogen-bond acceptors (Lipinski definition) is 2. The molecule has 1 aromatic rings. The first kappa shape index (κ1) is 12.5. The van der Waals surface area contributed by atoms with Crippen molar-refractivity contribution in [2.24, 2.45) is 0 Å². The Morgan fingerprint density at radius 2 is 2.12 bits per heavy atom. The molecule has 1 fully saturated rings. The van der Waals surface area contributed by atoms with Gasteiger partial charge in [-0.3, -0.25) is 0 Å². The summed E-state index contributed by atoms with van der Waals surface area (Å²) in [6.07, 6.45) is 4.81. The number of halogens is 1. The van der Waals surface area contributed by atoms with E-state index in [9.17, 15) is 9.50 Å². The Hall–Kier alpha value is -0.930. The summed E-state index contributed by atoms with van der Waals surface area (Å²) < 4.78 is 13.2. The second-order valence-electron chi connectivity index (χ2n) is 4.88. The van der Waals surface area contributed by atoms with Crippen molar-refractivity contribution in [1.29, 1.82) is 0 Å². The van der Waals surface area contributed by atoms with E-state index in [0.29, 0.717) is 6.04 Å². The van der Waals surface area contributed by atoms with Crippen molar-refractivity contribution in [2.75, 3.05) is 6.61 Å². The first-order valence-corrected chi connectivity index (χ1v) is 6.33. The van der Waals surface area contributed by atoms with Crippen LogP contribution in [0.5, 0.6) is 0 Å². The largest absolute Gasteiger partial charge is 0.394 e. The molecular formula is C14H20FNO. The molecule has 0 heterocycles. The van der Waals surface area contributed by atoms with Crippen molar-refractivity contribution >= 4 is 0 Å². The predicted octanol–water partition coefficient (Wildman–Crippen LogP) is 2.70. The van der Waals surface area contributed by atoms with Gasteiger partial charge in [-0.2, -0.15) is 0 Å². The van der Waals surface area contributed by atoms with Gasteiger partial charge >= 0.3 is 0 Å². The number of aryl methyl sites for hydroxylation is 1. The van der Waals surface area contributed by atoms with E-state index in [0.717, 1.165) is 24.0 Å². The second kappa shape index (κ2) is 5.61. The summed E-state index contributed by atoms with van der Waals surface area (Å²) in [5.41, 5.74) is 1.90. The minimum absolute atomic E-state index is 0.0147. The van der Waals surface area contributed by atoms with E-state index in [4.69, 9.17) is 0 Å². The lowest BCUT2D eigenvalue weighted by molar-refractivity contribution is 0.232. The summed E-state index contributed by atoms with van der Waals surface area (Å²) >= 11 is 0. The molecule has 0 amide bonds. The molecule has 1 aliphatic carbocycles. The predicted molar refractivity (Wildman–Crippen MR) is 66.4 cm³/mol. The summed E-state index contributed by atoms with van der Waals surface area (Å²) in [7, 11) is 0. The minimum atomic E-state index is -0.239. The molecule has 0 aliphatic heterocycles. The highest BCUT2D eigenvalue weighted by atomic mass is 19.1. The molecule has 2 rings (SSSR count). The van der Waals surface area contributed by atoms with Gasteiger partial charge in [0.15, 0.2) is 0 Å². The smallest absolute Gasteiger partial charge is 0.123 e. The third kappa shape index (κ3) is 3.05. The monoisotopic (exact) mass is 237 g/mol. The Bertz CT molecular complexity index is 374. The molecule has 1 aliphatic rings. The highest BCUT2D eigenvalue weighted by Crippen LogP contribution is 2.24. The fraction of sp³-hybridized carbons (Fsp3) is 0.571. The maximum atomic E-state index is 13.2. The van der Waals surface area contributed by atoms with Gasteiger partial charge in [0.1, 0.15) is 5.82 Å². The molecule has 94 valence electrons. The van der Waals surface area contributed by atoms with E-state index in [2.05, 4.69) is 5.32 Å². The van der Waals surface area contributed by atoms with E-state index in [1.807, 2.05) is 6.92 Å². The van der Waals surface area contributed by atoms with Gasteiger partial charge in [-0.1, -0.05) is 18.9 Å². The Kier molecular flexibility index (Phi) is 4.13. The molecule has 1 unspecified atom stereocenters. The molecule has 0 radical (unpaired) electrons. The lowest BCUT2D eigenvalue weighted by Crippen LogP contribution is -2.33. The van der Waals surface area contributed by atoms with Gasteiger partial charge in [-0.05, 0) is 43.0 Å². The summed E-state index contributed by atoms with van der Waals surface area (Å²) in [6.45, 7) is 1.97. The van der Waals surface area contributed by atoms with Crippen LogP contribution in [0.25, 0.3) is 0 Å². The molecule has 0 aromatic heterocycles. The molecule has 1 saturated carbocycles. The molecule has 3 heteroatoms. The zero-order chi connectivity index (χ0) is 12.3. The number of aliphatic hydroxyl groups is 1. The van der Waals surface area contributed by atoms with Crippen LogP contribution < -0.4 is 5.32 Å². The number of benzene rings is 1. The van der Waals surface area contributed by atoms with Gasteiger partial charge in [-0.25, -0.2) is 4.39 Å². The third-order valence-corrected chi connectivity index (χ3v) is 3.59. The van der Waals surface area contributed by atoms with E-state index in [1.54, 1.807) is 6.07 Å². The lowest BCUT2D eigenvalue weighted by Gasteiger charge is -2.23. The number of hydrogen-bond donors (Lipinski definition) is 2. The second-order valence-corrected chi connectivity index (χ2v) is 4.88. The Balaban J connectivity index is 2.13. The minimum Gasteiger partial charge on any atom is -0.394 e. The molecular weight excluding hydrogens is 217 g/mol. The number of rotatable bonds is 4. The molecule has 2 nitrogen and oxygen atoms in total. The summed E-state index contributed by atoms with van der Waals surface area (Å²) in [6, 6.07) is 5.08. The average molecular weight is 237 g/mol. The zero-order valence-electron chi connectivity index (χ0n) is 10.2. The van der Waals surface area contributed by atoms with Crippen molar-refractivity contribution in [2.45, 2.75) is 44.7 Å². The maximum Gasteiger partial charge on any atom is 0.123 e. The molecule has 2 N–H and O–H groups in total. The molecule has 1 atom stereocenters. The third-order valence-electron chi connectivity index (χ3n) is 3.59. The molecule has 0 spiro atoms. The molecule has 0 saturated heterocycles. The Morgan fingerprint density at radius 1 is 1.41 bits per heavy atom. The lowest BCUT2D eigenvalue weighted by atomic mass is 10.0. The van der Waals surface area contributed by atoms with Gasteiger partial charge in [0.05, 0.1) is 12.6 Å². The highest BCUT2D eigenvalue weighted by Gasteiger charge is 2.21. The van der Waals surface area contributed by atoms with E-state index in [-0.39, 0.29) is 18.5 Å². The summed E-state index contributed by atoms with van der Waals surface area (Å²) in [5.74, 6) is -0.239. The van der Waals surface area contributed by atoms with Crippen LogP contribution in [-0.4, -0.2) is 17.8 Å². The van der Waals surface area contributed by atoms with Gasteiger partial charge in [0, 0.05) is 6.04 Å². The highest BCUT2D eigenvalue weighted by molar-refractivity contribution is 5.29. The molecule has 1 aromatic carbocycles. The van der Waals surface area contributed by atoms with Crippen LogP contribution in [0.15, 0.2) is 18.2 Å². The fourth-order valence-corrected chi connectivity index (χ4v) is 2.60. The van der Waals surface area contributed by atoms with Crippen LogP contribution in [0.2, 0.25) is 0 Å². The average Bonchev–Trinajstić information content (AvgIpc) is 2.82. The standard InChI is InChI=1S/C14H20FNO/c1-10-6-7-11(15)8-13(10)14(9-17)16-12-4-2-3-5-12/h6-8,12,14,16-17H,2-5,9H2,1H3. The summed E-state index contributed by atoms with van der Waals surface area (Å²) in [5, 5.41) is 12.9. The summed E-state index contributed by atoms with van der Waals surface area (Å²) in [4.78, 5) is 0. The van der Waals surface area contributed by atoms with E-state index < -0.39 is 0 Å². The topological polar surface area (TPSA) is 32.3 Å². The van der Waals surface area contributed by atoms with Gasteiger partial charge in [0.25, 0.3) is 0 Å². The van der Waals surface area contributed by atoms with Crippen molar-refractivity contribution in [3.05, 3.63) is 35.1 Å². The van der Waals surface area contributed by atoms with Crippen LogP contribution in [0, 0.1) is 12.7 Å². The van der Waals surface area contributed by atoms with Crippen LogP contribution in [0.4, 0.5) is 4.39 Å². The Morgan fingerprint density at radius 3 is 2.76 bits per heavy atom. The van der Waals surface area contributed by atoms with Crippen molar-refractivity contribution in [1.82, 2.24) is 5.32 Å².